The predicted octanol–water partition coefficient (Wildman–Crippen LogP) is 2.97. The summed E-state index contributed by atoms with van der Waals surface area (Å²) < 4.78 is 0. The van der Waals surface area contributed by atoms with Gasteiger partial charge in [0, 0.05) is 5.92 Å². The highest BCUT2D eigenvalue weighted by atomic mass is 14.9. The normalized spacial score (nSPS) is 16.4. The van der Waals surface area contributed by atoms with Crippen molar-refractivity contribution in [3.8, 4) is 0 Å². The van der Waals surface area contributed by atoms with Crippen LogP contribution in [-0.4, -0.2) is 16.5 Å². The molecule has 1 aromatic heterocycles. The number of nitrogens with one attached hydrogen (secondary N) is 1. The van der Waals surface area contributed by atoms with Crippen LogP contribution in [0.5, 0.6) is 0 Å². The van der Waals surface area contributed by atoms with E-state index in [9.17, 15) is 0 Å². The van der Waals surface area contributed by atoms with Crippen molar-refractivity contribution in [1.82, 2.24) is 9.97 Å². The second-order valence-electron chi connectivity index (χ2n) is 6.29. The van der Waals surface area contributed by atoms with Gasteiger partial charge in [-0.3, -0.25) is 0 Å². The van der Waals surface area contributed by atoms with Crippen LogP contribution in [0.15, 0.2) is 18.2 Å². The van der Waals surface area contributed by atoms with Gasteiger partial charge in [-0.1, -0.05) is 19.9 Å². The summed E-state index contributed by atoms with van der Waals surface area (Å²) in [5, 5.41) is 0. The third kappa shape index (κ3) is 2.27. The lowest BCUT2D eigenvalue weighted by molar-refractivity contribution is 0.377. The van der Waals surface area contributed by atoms with Gasteiger partial charge in [-0.15, -0.1) is 0 Å². The zero-order chi connectivity index (χ0) is 12.8. The average molecular weight is 243 g/mol. The molecule has 18 heavy (non-hydrogen) atoms. The number of aromatic amines is 1. The van der Waals surface area contributed by atoms with Crippen LogP contribution in [0.2, 0.25) is 0 Å². The lowest BCUT2D eigenvalue weighted by atomic mass is 9.86. The van der Waals surface area contributed by atoms with Crippen molar-refractivity contribution < 1.29 is 0 Å². The molecule has 1 aliphatic carbocycles. The largest absolute Gasteiger partial charge is 0.342 e. The van der Waals surface area contributed by atoms with Crippen LogP contribution < -0.4 is 5.73 Å². The van der Waals surface area contributed by atoms with Crippen LogP contribution in [0.25, 0.3) is 11.0 Å². The molecule has 0 unspecified atom stereocenters. The van der Waals surface area contributed by atoms with E-state index in [0.717, 1.165) is 11.9 Å². The number of nitrogens with zero attached hydrogens (tertiary/aromatic N) is 1. The number of benzene rings is 1. The maximum atomic E-state index is 5.80. The molecule has 0 saturated heterocycles. The molecule has 0 spiro atoms. The molecule has 1 heterocycles. The van der Waals surface area contributed by atoms with Crippen molar-refractivity contribution >= 4 is 11.0 Å². The van der Waals surface area contributed by atoms with Gasteiger partial charge in [-0.25, -0.2) is 4.98 Å². The van der Waals surface area contributed by atoms with Crippen molar-refractivity contribution in [2.24, 2.45) is 11.1 Å². The fraction of sp³-hybridized carbons (Fsp3) is 0.533. The number of rotatable bonds is 4. The van der Waals surface area contributed by atoms with Crippen molar-refractivity contribution in [1.29, 1.82) is 0 Å². The molecule has 1 saturated carbocycles. The maximum absolute atomic E-state index is 5.80. The summed E-state index contributed by atoms with van der Waals surface area (Å²) in [7, 11) is 0. The molecule has 0 bridgehead atoms. The first-order chi connectivity index (χ1) is 8.57. The minimum atomic E-state index is 0.160. The topological polar surface area (TPSA) is 54.7 Å². The zero-order valence-electron chi connectivity index (χ0n) is 11.2. The molecule has 1 fully saturated rings. The third-order valence-electron chi connectivity index (χ3n) is 3.76. The first kappa shape index (κ1) is 11.7. The molecule has 3 rings (SSSR count). The van der Waals surface area contributed by atoms with E-state index in [1.807, 2.05) is 0 Å². The van der Waals surface area contributed by atoms with Gasteiger partial charge in [0.15, 0.2) is 0 Å². The number of aromatic nitrogens is 2. The molecule has 0 amide bonds. The van der Waals surface area contributed by atoms with E-state index in [0.29, 0.717) is 12.5 Å². The fourth-order valence-corrected chi connectivity index (χ4v) is 2.36. The molecule has 1 aliphatic rings. The standard InChI is InChI=1S/C15H21N3/c1-15(2,9-16)8-10-3-6-12-13(7-10)18-14(17-12)11-4-5-11/h3,6-7,11H,4-5,8-9,16H2,1-2H3,(H,17,18). The summed E-state index contributed by atoms with van der Waals surface area (Å²) in [5.74, 6) is 1.85. The Hall–Kier alpha value is -1.35. The van der Waals surface area contributed by atoms with Gasteiger partial charge in [0.2, 0.25) is 0 Å². The van der Waals surface area contributed by atoms with Crippen LogP contribution in [0.3, 0.4) is 0 Å². The molecule has 3 heteroatoms. The SMILES string of the molecule is CC(C)(CN)Cc1ccc2nc(C3CC3)[nH]c2c1. The molecular weight excluding hydrogens is 222 g/mol. The summed E-state index contributed by atoms with van der Waals surface area (Å²) in [5.41, 5.74) is 9.55. The lowest BCUT2D eigenvalue weighted by Crippen LogP contribution is -2.25. The minimum absolute atomic E-state index is 0.160. The second-order valence-corrected chi connectivity index (χ2v) is 6.29. The Balaban J connectivity index is 1.90. The summed E-state index contributed by atoms with van der Waals surface area (Å²) in [4.78, 5) is 8.11. The van der Waals surface area contributed by atoms with Crippen LogP contribution in [0.4, 0.5) is 0 Å². The van der Waals surface area contributed by atoms with E-state index in [1.165, 1.54) is 29.7 Å². The lowest BCUT2D eigenvalue weighted by Gasteiger charge is -2.22. The van der Waals surface area contributed by atoms with Crippen molar-refractivity contribution in [2.75, 3.05) is 6.54 Å². The van der Waals surface area contributed by atoms with Gasteiger partial charge in [-0.05, 0) is 48.9 Å². The highest BCUT2D eigenvalue weighted by molar-refractivity contribution is 5.76. The van der Waals surface area contributed by atoms with Gasteiger partial charge >= 0.3 is 0 Å². The summed E-state index contributed by atoms with van der Waals surface area (Å²) in [6.45, 7) is 5.13. The van der Waals surface area contributed by atoms with E-state index >= 15 is 0 Å². The highest BCUT2D eigenvalue weighted by Crippen LogP contribution is 2.39. The van der Waals surface area contributed by atoms with Crippen LogP contribution >= 0.6 is 0 Å². The number of hydrogen-bond donors (Lipinski definition) is 2. The van der Waals surface area contributed by atoms with E-state index in [1.54, 1.807) is 0 Å². The van der Waals surface area contributed by atoms with Gasteiger partial charge in [0.05, 0.1) is 11.0 Å². The Labute approximate surface area is 108 Å². The van der Waals surface area contributed by atoms with E-state index in [-0.39, 0.29) is 5.41 Å². The van der Waals surface area contributed by atoms with E-state index < -0.39 is 0 Å². The quantitative estimate of drug-likeness (QED) is 0.867. The summed E-state index contributed by atoms with van der Waals surface area (Å²) in [6, 6.07) is 6.53. The van der Waals surface area contributed by atoms with Crippen molar-refractivity contribution in [3.63, 3.8) is 0 Å². The van der Waals surface area contributed by atoms with Crippen LogP contribution in [0.1, 0.15) is 44.0 Å². The summed E-state index contributed by atoms with van der Waals surface area (Å²) in [6.07, 6.45) is 3.58. The number of nitrogens with two attached hydrogens (primary N) is 1. The first-order valence-electron chi connectivity index (χ1n) is 6.76. The first-order valence-corrected chi connectivity index (χ1v) is 6.76. The molecule has 3 N–H and O–H groups in total. The Bertz CT molecular complexity index is 564. The molecule has 3 nitrogen and oxygen atoms in total. The smallest absolute Gasteiger partial charge is 0.110 e. The Morgan fingerprint density at radius 1 is 1.39 bits per heavy atom. The number of H-pyrrole nitrogens is 1. The van der Waals surface area contributed by atoms with Crippen LogP contribution in [-0.2, 0) is 6.42 Å². The van der Waals surface area contributed by atoms with Crippen LogP contribution in [0, 0.1) is 5.41 Å². The monoisotopic (exact) mass is 243 g/mol. The zero-order valence-corrected chi connectivity index (χ0v) is 11.2. The molecule has 0 aliphatic heterocycles. The maximum Gasteiger partial charge on any atom is 0.110 e. The molecular formula is C15H21N3. The molecule has 0 radical (unpaired) electrons. The minimum Gasteiger partial charge on any atom is -0.342 e. The highest BCUT2D eigenvalue weighted by Gasteiger charge is 2.26. The third-order valence-corrected chi connectivity index (χ3v) is 3.76. The van der Waals surface area contributed by atoms with Gasteiger partial charge in [-0.2, -0.15) is 0 Å². The van der Waals surface area contributed by atoms with E-state index in [4.69, 9.17) is 5.73 Å². The van der Waals surface area contributed by atoms with Gasteiger partial charge in [0.1, 0.15) is 5.82 Å². The molecule has 1 aromatic carbocycles. The van der Waals surface area contributed by atoms with Gasteiger partial charge < -0.3 is 10.7 Å². The Morgan fingerprint density at radius 2 is 2.17 bits per heavy atom. The van der Waals surface area contributed by atoms with Gasteiger partial charge in [0.25, 0.3) is 0 Å². The number of fused-ring (bicyclic) bond motifs is 1. The number of imidazole rings is 1. The predicted molar refractivity (Wildman–Crippen MR) is 74.6 cm³/mol. The van der Waals surface area contributed by atoms with E-state index in [2.05, 4.69) is 42.0 Å². The van der Waals surface area contributed by atoms with Crippen molar-refractivity contribution in [3.05, 3.63) is 29.6 Å². The summed E-state index contributed by atoms with van der Waals surface area (Å²) >= 11 is 0. The molecule has 2 aromatic rings. The second kappa shape index (κ2) is 4.09. The molecule has 0 atom stereocenters. The Morgan fingerprint density at radius 3 is 2.83 bits per heavy atom. The Kier molecular flexibility index (Phi) is 2.67. The average Bonchev–Trinajstić information content (AvgIpc) is 3.09. The number of hydrogen-bond acceptors (Lipinski definition) is 2. The molecule has 96 valence electrons. The van der Waals surface area contributed by atoms with Crippen molar-refractivity contribution in [2.45, 2.75) is 39.0 Å². The fourth-order valence-electron chi connectivity index (χ4n) is 2.36.